The number of nitrogens with zero attached hydrogens (tertiary/aromatic N) is 1. The molecule has 0 atom stereocenters. The van der Waals surface area contributed by atoms with Gasteiger partial charge < -0.3 is 0 Å². The van der Waals surface area contributed by atoms with Crippen molar-refractivity contribution in [2.24, 2.45) is 0 Å². The summed E-state index contributed by atoms with van der Waals surface area (Å²) in [6.07, 6.45) is 8.68. The molecule has 14 heavy (non-hydrogen) atoms. The lowest BCUT2D eigenvalue weighted by Gasteiger charge is -2.24. The molecule has 0 unspecified atom stereocenters. The first-order valence-corrected chi connectivity index (χ1v) is 5.84. The Morgan fingerprint density at radius 2 is 1.64 bits per heavy atom. The van der Waals surface area contributed by atoms with Crippen LogP contribution in [0.4, 0.5) is 0 Å². The summed E-state index contributed by atoms with van der Waals surface area (Å²) >= 11 is 1.42. The van der Waals surface area contributed by atoms with Crippen molar-refractivity contribution in [1.82, 2.24) is 4.31 Å². The van der Waals surface area contributed by atoms with Crippen molar-refractivity contribution < 1.29 is 9.59 Å². The highest BCUT2D eigenvalue weighted by Gasteiger charge is 2.28. The summed E-state index contributed by atoms with van der Waals surface area (Å²) in [6.45, 7) is 0. The lowest BCUT2D eigenvalue weighted by atomic mass is 10.0. The van der Waals surface area contributed by atoms with Gasteiger partial charge in [0.25, 0.3) is 11.8 Å². The fraction of sp³-hybridized carbons (Fsp3) is 0.600. The molecule has 1 heterocycles. The van der Waals surface area contributed by atoms with Crippen molar-refractivity contribution in [3.8, 4) is 0 Å². The van der Waals surface area contributed by atoms with Crippen molar-refractivity contribution in [3.63, 3.8) is 0 Å². The van der Waals surface area contributed by atoms with Crippen LogP contribution < -0.4 is 0 Å². The standard InChI is InChI=1S/C10H13NO2S/c12-9-6-7-10(13)11(9)14-8-4-2-1-3-5-8/h6-8H,1-5H2. The Kier molecular flexibility index (Phi) is 2.91. The minimum Gasteiger partial charge on any atom is -0.268 e. The third-order valence-electron chi connectivity index (χ3n) is 2.58. The van der Waals surface area contributed by atoms with E-state index in [0.29, 0.717) is 5.25 Å². The second kappa shape index (κ2) is 4.17. The van der Waals surface area contributed by atoms with Gasteiger partial charge in [-0.05, 0) is 24.8 Å². The van der Waals surface area contributed by atoms with Gasteiger partial charge in [0.15, 0.2) is 0 Å². The topological polar surface area (TPSA) is 37.4 Å². The average molecular weight is 211 g/mol. The summed E-state index contributed by atoms with van der Waals surface area (Å²) in [6, 6.07) is 0. The predicted molar refractivity (Wildman–Crippen MR) is 55.5 cm³/mol. The molecule has 0 aromatic heterocycles. The lowest BCUT2D eigenvalue weighted by Crippen LogP contribution is -2.26. The van der Waals surface area contributed by atoms with Gasteiger partial charge in [0.1, 0.15) is 0 Å². The van der Waals surface area contributed by atoms with E-state index < -0.39 is 0 Å². The SMILES string of the molecule is O=C1C=CC(=O)N1SC1CCCCC1. The maximum atomic E-state index is 11.3. The number of hydrogen-bond acceptors (Lipinski definition) is 3. The zero-order chi connectivity index (χ0) is 9.97. The molecule has 76 valence electrons. The summed E-state index contributed by atoms with van der Waals surface area (Å²) < 4.78 is 1.29. The van der Waals surface area contributed by atoms with E-state index in [2.05, 4.69) is 0 Å². The highest BCUT2D eigenvalue weighted by molar-refractivity contribution is 7.98. The third-order valence-corrected chi connectivity index (χ3v) is 3.92. The fourth-order valence-electron chi connectivity index (χ4n) is 1.81. The molecule has 3 nitrogen and oxygen atoms in total. The zero-order valence-corrected chi connectivity index (χ0v) is 8.76. The van der Waals surface area contributed by atoms with E-state index in [9.17, 15) is 9.59 Å². The largest absolute Gasteiger partial charge is 0.268 e. The molecule has 1 fully saturated rings. The molecule has 2 amide bonds. The van der Waals surface area contributed by atoms with Gasteiger partial charge >= 0.3 is 0 Å². The number of amides is 2. The fourth-order valence-corrected chi connectivity index (χ4v) is 2.98. The van der Waals surface area contributed by atoms with Crippen molar-refractivity contribution in [2.75, 3.05) is 0 Å². The summed E-state index contributed by atoms with van der Waals surface area (Å²) in [5, 5.41) is 0.455. The zero-order valence-electron chi connectivity index (χ0n) is 7.94. The first-order chi connectivity index (χ1) is 6.77. The molecule has 1 aliphatic heterocycles. The van der Waals surface area contributed by atoms with Crippen LogP contribution in [0, 0.1) is 0 Å². The van der Waals surface area contributed by atoms with Gasteiger partial charge in [-0.2, -0.15) is 0 Å². The molecular weight excluding hydrogens is 198 g/mol. The molecule has 0 bridgehead atoms. The van der Waals surface area contributed by atoms with Crippen molar-refractivity contribution >= 4 is 23.8 Å². The molecule has 0 spiro atoms. The van der Waals surface area contributed by atoms with Crippen LogP contribution in [0.25, 0.3) is 0 Å². The minimum atomic E-state index is -0.175. The Labute approximate surface area is 87.7 Å². The van der Waals surface area contributed by atoms with Gasteiger partial charge in [-0.15, -0.1) is 0 Å². The Bertz CT molecular complexity index is 264. The smallest absolute Gasteiger partial charge is 0.263 e. The lowest BCUT2D eigenvalue weighted by molar-refractivity contribution is -0.130. The molecule has 0 aromatic rings. The Morgan fingerprint density at radius 3 is 2.21 bits per heavy atom. The normalized spacial score (nSPS) is 23.6. The van der Waals surface area contributed by atoms with Crippen LogP contribution in [-0.4, -0.2) is 21.4 Å². The highest BCUT2D eigenvalue weighted by Crippen LogP contribution is 2.31. The van der Waals surface area contributed by atoms with Crippen molar-refractivity contribution in [3.05, 3.63) is 12.2 Å². The molecule has 2 aliphatic rings. The first kappa shape index (κ1) is 9.77. The molecule has 1 saturated carbocycles. The number of hydrogen-bond donors (Lipinski definition) is 0. The quantitative estimate of drug-likeness (QED) is 0.517. The maximum Gasteiger partial charge on any atom is 0.263 e. The van der Waals surface area contributed by atoms with Gasteiger partial charge in [0.2, 0.25) is 0 Å². The van der Waals surface area contributed by atoms with E-state index in [1.165, 1.54) is 47.7 Å². The van der Waals surface area contributed by atoms with E-state index in [4.69, 9.17) is 0 Å². The van der Waals surface area contributed by atoms with E-state index in [1.54, 1.807) is 0 Å². The number of carbonyl (C=O) groups is 2. The van der Waals surface area contributed by atoms with Crippen molar-refractivity contribution in [2.45, 2.75) is 37.4 Å². The third kappa shape index (κ3) is 2.00. The number of rotatable bonds is 2. The number of imide groups is 1. The molecule has 0 N–H and O–H groups in total. The number of carbonyl (C=O) groups excluding carboxylic acids is 2. The van der Waals surface area contributed by atoms with Gasteiger partial charge in [0.05, 0.1) is 0 Å². The minimum absolute atomic E-state index is 0.175. The van der Waals surface area contributed by atoms with Gasteiger partial charge in [0, 0.05) is 17.4 Å². The first-order valence-electron chi connectivity index (χ1n) is 5.00. The monoisotopic (exact) mass is 211 g/mol. The van der Waals surface area contributed by atoms with E-state index in [1.807, 2.05) is 0 Å². The Hall–Kier alpha value is -0.770. The van der Waals surface area contributed by atoms with Crippen LogP contribution in [-0.2, 0) is 9.59 Å². The highest BCUT2D eigenvalue weighted by atomic mass is 32.2. The molecule has 0 aromatic carbocycles. The summed E-state index contributed by atoms with van der Waals surface area (Å²) in [5.74, 6) is -0.351. The molecular formula is C10H13NO2S. The molecule has 2 rings (SSSR count). The molecule has 4 heteroatoms. The van der Waals surface area contributed by atoms with Crippen LogP contribution >= 0.6 is 11.9 Å². The summed E-state index contributed by atoms with van der Waals surface area (Å²) in [4.78, 5) is 22.5. The van der Waals surface area contributed by atoms with Gasteiger partial charge in [-0.1, -0.05) is 19.3 Å². The second-order valence-electron chi connectivity index (χ2n) is 3.67. The maximum absolute atomic E-state index is 11.3. The van der Waals surface area contributed by atoms with Gasteiger partial charge in [-0.25, -0.2) is 4.31 Å². The molecule has 1 aliphatic carbocycles. The van der Waals surface area contributed by atoms with Crippen LogP contribution in [0.2, 0.25) is 0 Å². The second-order valence-corrected chi connectivity index (χ2v) is 4.91. The van der Waals surface area contributed by atoms with E-state index >= 15 is 0 Å². The van der Waals surface area contributed by atoms with Crippen LogP contribution in [0.5, 0.6) is 0 Å². The predicted octanol–water partition coefficient (Wildman–Crippen LogP) is 1.89. The van der Waals surface area contributed by atoms with Crippen LogP contribution in [0.15, 0.2) is 12.2 Å². The summed E-state index contributed by atoms with van der Waals surface area (Å²) in [7, 11) is 0. The Morgan fingerprint density at radius 1 is 1.07 bits per heavy atom. The Balaban J connectivity index is 1.90. The average Bonchev–Trinajstić information content (AvgIpc) is 2.51. The van der Waals surface area contributed by atoms with Gasteiger partial charge in [-0.3, -0.25) is 9.59 Å². The van der Waals surface area contributed by atoms with Crippen LogP contribution in [0.1, 0.15) is 32.1 Å². The molecule has 0 radical (unpaired) electrons. The van der Waals surface area contributed by atoms with Crippen molar-refractivity contribution in [1.29, 1.82) is 0 Å². The molecule has 0 saturated heterocycles. The van der Waals surface area contributed by atoms with E-state index in [0.717, 1.165) is 12.8 Å². The van der Waals surface area contributed by atoms with E-state index in [-0.39, 0.29) is 11.8 Å². The van der Waals surface area contributed by atoms with Crippen LogP contribution in [0.3, 0.4) is 0 Å². The summed E-state index contributed by atoms with van der Waals surface area (Å²) in [5.41, 5.74) is 0.